The Morgan fingerprint density at radius 2 is 1.94 bits per heavy atom. The molecule has 1 N–H and O–H groups in total. The van der Waals surface area contributed by atoms with Crippen molar-refractivity contribution >= 4 is 23.4 Å². The predicted octanol–water partition coefficient (Wildman–Crippen LogP) is 5.74. The third-order valence-corrected chi connectivity index (χ3v) is 5.84. The fourth-order valence-electron chi connectivity index (χ4n) is 4.73. The monoisotopic (exact) mass is 417 g/mol. The molecule has 0 saturated carbocycles. The largest absolute Gasteiger partial charge is 0.497 e. The molecule has 1 amide bonds. The summed E-state index contributed by atoms with van der Waals surface area (Å²) in [4.78, 5) is 15.1. The molecule has 0 spiro atoms. The average Bonchev–Trinajstić information content (AvgIpc) is 2.71. The van der Waals surface area contributed by atoms with Gasteiger partial charge in [0.15, 0.2) is 0 Å². The average molecular weight is 418 g/mol. The molecule has 1 atom stereocenters. The SMILES string of the molecule is COc1ccc(NC(=O)/C(C#N)=C\c2ccc3c(c2)C(C)CC(C)(C)N3C(C)C)cc1. The molecule has 1 unspecified atom stereocenters. The van der Waals surface area contributed by atoms with Crippen LogP contribution in [0.25, 0.3) is 6.08 Å². The number of amides is 1. The summed E-state index contributed by atoms with van der Waals surface area (Å²) in [5, 5.41) is 12.4. The number of fused-ring (bicyclic) bond motifs is 1. The van der Waals surface area contributed by atoms with Gasteiger partial charge in [-0.2, -0.15) is 5.26 Å². The van der Waals surface area contributed by atoms with Crippen LogP contribution in [0, 0.1) is 11.3 Å². The van der Waals surface area contributed by atoms with Gasteiger partial charge in [-0.05, 0) is 93.6 Å². The van der Waals surface area contributed by atoms with Gasteiger partial charge in [0.05, 0.1) is 7.11 Å². The van der Waals surface area contributed by atoms with E-state index in [1.54, 1.807) is 37.5 Å². The van der Waals surface area contributed by atoms with E-state index in [4.69, 9.17) is 4.74 Å². The highest BCUT2D eigenvalue weighted by atomic mass is 16.5. The number of nitrogens with one attached hydrogen (secondary N) is 1. The Kier molecular flexibility index (Phi) is 6.40. The van der Waals surface area contributed by atoms with E-state index in [2.05, 4.69) is 57.0 Å². The van der Waals surface area contributed by atoms with Crippen molar-refractivity contribution in [2.75, 3.05) is 17.3 Å². The Morgan fingerprint density at radius 3 is 2.52 bits per heavy atom. The minimum absolute atomic E-state index is 0.0697. The second kappa shape index (κ2) is 8.85. The zero-order valence-electron chi connectivity index (χ0n) is 19.2. The molecule has 1 aliphatic rings. The van der Waals surface area contributed by atoms with E-state index >= 15 is 0 Å². The Hall–Kier alpha value is -3.26. The number of benzene rings is 2. The first kappa shape index (κ1) is 22.4. The van der Waals surface area contributed by atoms with Crippen molar-refractivity contribution in [1.29, 1.82) is 5.26 Å². The molecule has 0 radical (unpaired) electrons. The molecule has 1 heterocycles. The van der Waals surface area contributed by atoms with Gasteiger partial charge >= 0.3 is 0 Å². The summed E-state index contributed by atoms with van der Waals surface area (Å²) < 4.78 is 5.13. The van der Waals surface area contributed by atoms with Crippen LogP contribution in [0.3, 0.4) is 0 Å². The first-order chi connectivity index (χ1) is 14.7. The quantitative estimate of drug-likeness (QED) is 0.497. The normalized spacial score (nSPS) is 17.7. The maximum Gasteiger partial charge on any atom is 0.266 e. The van der Waals surface area contributed by atoms with E-state index < -0.39 is 5.91 Å². The lowest BCUT2D eigenvalue weighted by Crippen LogP contribution is -2.51. The van der Waals surface area contributed by atoms with E-state index in [-0.39, 0.29) is 11.1 Å². The van der Waals surface area contributed by atoms with Crippen LogP contribution in [0.2, 0.25) is 0 Å². The van der Waals surface area contributed by atoms with Crippen LogP contribution in [-0.2, 0) is 4.79 Å². The third-order valence-electron chi connectivity index (χ3n) is 5.84. The Bertz CT molecular complexity index is 1030. The lowest BCUT2D eigenvalue weighted by Gasteiger charge is -2.50. The molecule has 162 valence electrons. The van der Waals surface area contributed by atoms with Gasteiger partial charge in [0.2, 0.25) is 0 Å². The van der Waals surface area contributed by atoms with Gasteiger partial charge in [0.1, 0.15) is 17.4 Å². The first-order valence-electron chi connectivity index (χ1n) is 10.7. The summed E-state index contributed by atoms with van der Waals surface area (Å²) in [7, 11) is 1.59. The van der Waals surface area contributed by atoms with Crippen molar-refractivity contribution in [2.24, 2.45) is 0 Å². The highest BCUT2D eigenvalue weighted by molar-refractivity contribution is 6.09. The summed E-state index contributed by atoms with van der Waals surface area (Å²) in [6.07, 6.45) is 2.71. The molecule has 2 aromatic carbocycles. The van der Waals surface area contributed by atoms with E-state index in [0.29, 0.717) is 23.4 Å². The van der Waals surface area contributed by atoms with Crippen molar-refractivity contribution in [1.82, 2.24) is 0 Å². The Balaban J connectivity index is 1.89. The standard InChI is InChI=1S/C26H31N3O2/c1-17(2)29-24-12-7-19(14-23(24)18(3)15-26(29,4)5)13-20(16-27)25(30)28-21-8-10-22(31-6)11-9-21/h7-14,17-18H,15H2,1-6H3,(H,28,30)/b20-13-. The molecule has 5 heteroatoms. The molecule has 3 rings (SSSR count). The summed E-state index contributed by atoms with van der Waals surface area (Å²) in [5.41, 5.74) is 4.11. The van der Waals surface area contributed by atoms with Crippen molar-refractivity contribution in [3.63, 3.8) is 0 Å². The maximum atomic E-state index is 12.6. The number of hydrogen-bond acceptors (Lipinski definition) is 4. The summed E-state index contributed by atoms with van der Waals surface area (Å²) in [5.74, 6) is 0.672. The van der Waals surface area contributed by atoms with Crippen LogP contribution in [0.1, 0.15) is 58.1 Å². The van der Waals surface area contributed by atoms with Gasteiger partial charge < -0.3 is 15.0 Å². The fourth-order valence-corrected chi connectivity index (χ4v) is 4.73. The number of methoxy groups -OCH3 is 1. The van der Waals surface area contributed by atoms with Gasteiger partial charge in [0, 0.05) is 23.0 Å². The molecule has 0 fully saturated rings. The van der Waals surface area contributed by atoms with E-state index in [9.17, 15) is 10.1 Å². The summed E-state index contributed by atoms with van der Waals surface area (Å²) in [6.45, 7) is 11.3. The first-order valence-corrected chi connectivity index (χ1v) is 10.7. The van der Waals surface area contributed by atoms with Gasteiger partial charge in [-0.15, -0.1) is 0 Å². The number of ether oxygens (including phenoxy) is 1. The van der Waals surface area contributed by atoms with Crippen LogP contribution < -0.4 is 15.0 Å². The molecular formula is C26H31N3O2. The van der Waals surface area contributed by atoms with Crippen LogP contribution >= 0.6 is 0 Å². The second-order valence-corrected chi connectivity index (χ2v) is 9.05. The number of carbonyl (C=O) groups is 1. The van der Waals surface area contributed by atoms with Crippen molar-refractivity contribution in [3.05, 3.63) is 59.2 Å². The molecule has 0 aromatic heterocycles. The van der Waals surface area contributed by atoms with Gasteiger partial charge in [-0.3, -0.25) is 4.79 Å². The zero-order valence-corrected chi connectivity index (χ0v) is 19.2. The van der Waals surface area contributed by atoms with Crippen molar-refractivity contribution < 1.29 is 9.53 Å². The van der Waals surface area contributed by atoms with E-state index in [1.807, 2.05) is 12.1 Å². The van der Waals surface area contributed by atoms with Gasteiger partial charge in [-0.25, -0.2) is 0 Å². The zero-order chi connectivity index (χ0) is 22.8. The minimum Gasteiger partial charge on any atom is -0.497 e. The van der Waals surface area contributed by atoms with E-state index in [0.717, 1.165) is 12.0 Å². The third kappa shape index (κ3) is 4.74. The molecule has 5 nitrogen and oxygen atoms in total. The van der Waals surface area contributed by atoms with E-state index in [1.165, 1.54) is 11.3 Å². The lowest BCUT2D eigenvalue weighted by atomic mass is 9.79. The highest BCUT2D eigenvalue weighted by Crippen LogP contribution is 2.44. The summed E-state index contributed by atoms with van der Waals surface area (Å²) >= 11 is 0. The fraction of sp³-hybridized carbons (Fsp3) is 0.385. The molecule has 31 heavy (non-hydrogen) atoms. The number of nitrogens with zero attached hydrogens (tertiary/aromatic N) is 2. The molecule has 2 aromatic rings. The van der Waals surface area contributed by atoms with Gasteiger partial charge in [0.25, 0.3) is 5.91 Å². The van der Waals surface area contributed by atoms with Crippen LogP contribution in [0.5, 0.6) is 5.75 Å². The number of carbonyl (C=O) groups excluding carboxylic acids is 1. The van der Waals surface area contributed by atoms with Crippen LogP contribution in [0.4, 0.5) is 11.4 Å². The van der Waals surface area contributed by atoms with Crippen LogP contribution in [-0.4, -0.2) is 24.6 Å². The number of rotatable bonds is 5. The topological polar surface area (TPSA) is 65.4 Å². The number of nitriles is 1. The lowest BCUT2D eigenvalue weighted by molar-refractivity contribution is -0.112. The smallest absolute Gasteiger partial charge is 0.266 e. The molecule has 0 bridgehead atoms. The molecule has 0 aliphatic carbocycles. The highest BCUT2D eigenvalue weighted by Gasteiger charge is 2.37. The molecule has 0 saturated heterocycles. The van der Waals surface area contributed by atoms with Crippen molar-refractivity contribution in [3.8, 4) is 11.8 Å². The molecular weight excluding hydrogens is 386 g/mol. The predicted molar refractivity (Wildman–Crippen MR) is 126 cm³/mol. The van der Waals surface area contributed by atoms with Gasteiger partial charge in [-0.1, -0.05) is 13.0 Å². The summed E-state index contributed by atoms with van der Waals surface area (Å²) in [6, 6.07) is 15.7. The minimum atomic E-state index is -0.427. The maximum absolute atomic E-state index is 12.6. The van der Waals surface area contributed by atoms with Crippen LogP contribution in [0.15, 0.2) is 48.0 Å². The second-order valence-electron chi connectivity index (χ2n) is 9.05. The Morgan fingerprint density at radius 1 is 1.26 bits per heavy atom. The van der Waals surface area contributed by atoms with Crippen molar-refractivity contribution in [2.45, 2.75) is 58.5 Å². The number of anilines is 2. The number of hydrogen-bond donors (Lipinski definition) is 1. The Labute approximate surface area is 185 Å². The molecule has 1 aliphatic heterocycles.